The first-order valence-electron chi connectivity index (χ1n) is 7.26. The van der Waals surface area contributed by atoms with Gasteiger partial charge in [0.25, 0.3) is 6.43 Å². The Morgan fingerprint density at radius 2 is 1.62 bits per heavy atom. The Hall–Kier alpha value is -2.09. The molecule has 1 aromatic carbocycles. The van der Waals surface area contributed by atoms with Crippen LogP contribution >= 0.6 is 0 Å². The number of halogens is 2. The van der Waals surface area contributed by atoms with Gasteiger partial charge in [0, 0.05) is 11.6 Å². The van der Waals surface area contributed by atoms with Crippen LogP contribution in [0, 0.1) is 0 Å². The van der Waals surface area contributed by atoms with E-state index in [4.69, 9.17) is 19.9 Å². The van der Waals surface area contributed by atoms with Crippen LogP contribution in [0.15, 0.2) is 12.1 Å². The summed E-state index contributed by atoms with van der Waals surface area (Å²) in [6.45, 7) is 6.23. The molecule has 1 atom stereocenters. The Kier molecular flexibility index (Phi) is 5.99. The zero-order chi connectivity index (χ0) is 18.7. The summed E-state index contributed by atoms with van der Waals surface area (Å²) >= 11 is 0. The van der Waals surface area contributed by atoms with Gasteiger partial charge in [0.05, 0.1) is 19.9 Å². The number of ether oxygens (including phenoxy) is 3. The normalized spacial score (nSPS) is 14.1. The van der Waals surface area contributed by atoms with Crippen molar-refractivity contribution in [1.82, 2.24) is 0 Å². The van der Waals surface area contributed by atoms with Crippen LogP contribution in [0.1, 0.15) is 33.3 Å². The van der Waals surface area contributed by atoms with Crippen molar-refractivity contribution in [3.8, 4) is 11.5 Å². The van der Waals surface area contributed by atoms with Crippen LogP contribution in [-0.2, 0) is 10.3 Å². The summed E-state index contributed by atoms with van der Waals surface area (Å²) in [5.41, 5.74) is 3.07. The molecule has 0 aromatic heterocycles. The van der Waals surface area contributed by atoms with E-state index in [9.17, 15) is 13.6 Å². The van der Waals surface area contributed by atoms with E-state index in [0.29, 0.717) is 0 Å². The number of methoxy groups -OCH3 is 2. The van der Waals surface area contributed by atoms with Gasteiger partial charge in [-0.3, -0.25) is 5.32 Å². The molecule has 1 rings (SSSR count). The fraction of sp³-hybridized carbons (Fsp3) is 0.562. The Balaban J connectivity index is 3.37. The third-order valence-electron chi connectivity index (χ3n) is 3.19. The predicted molar refractivity (Wildman–Crippen MR) is 86.9 cm³/mol. The van der Waals surface area contributed by atoms with Crippen LogP contribution in [0.25, 0.3) is 0 Å². The summed E-state index contributed by atoms with van der Waals surface area (Å²) in [6, 6.07) is 2.68. The van der Waals surface area contributed by atoms with Gasteiger partial charge in [-0.1, -0.05) is 0 Å². The number of carbonyl (C=O) groups excluding carboxylic acids is 1. The van der Waals surface area contributed by atoms with Crippen LogP contribution in [-0.4, -0.2) is 32.3 Å². The van der Waals surface area contributed by atoms with Gasteiger partial charge in [-0.25, -0.2) is 13.6 Å². The molecule has 0 radical (unpaired) electrons. The van der Waals surface area contributed by atoms with Gasteiger partial charge in [-0.15, -0.1) is 0 Å². The lowest BCUT2D eigenvalue weighted by molar-refractivity contribution is 0.0604. The van der Waals surface area contributed by atoms with Gasteiger partial charge >= 0.3 is 6.09 Å². The van der Waals surface area contributed by atoms with E-state index in [1.54, 1.807) is 20.8 Å². The van der Waals surface area contributed by atoms with Gasteiger partial charge in [0.1, 0.15) is 11.1 Å². The standard InChI is InChI=1S/C16H24F2N2O4/c1-15(2,3)24-14(21)20-10-8-12(23-6)11(22-5)7-9(10)16(4,19)13(17)18/h7-8,13H,19H2,1-6H3,(H,20,21). The number of anilines is 1. The minimum atomic E-state index is -2.87. The highest BCUT2D eigenvalue weighted by Crippen LogP contribution is 2.39. The molecule has 1 unspecified atom stereocenters. The quantitative estimate of drug-likeness (QED) is 0.853. The van der Waals surface area contributed by atoms with Crippen molar-refractivity contribution in [2.45, 2.75) is 45.3 Å². The zero-order valence-electron chi connectivity index (χ0n) is 14.7. The monoisotopic (exact) mass is 346 g/mol. The van der Waals surface area contributed by atoms with E-state index in [0.717, 1.165) is 0 Å². The smallest absolute Gasteiger partial charge is 0.412 e. The maximum atomic E-state index is 13.4. The summed E-state index contributed by atoms with van der Waals surface area (Å²) < 4.78 is 42.1. The van der Waals surface area contributed by atoms with Gasteiger partial charge in [0.15, 0.2) is 11.5 Å². The number of hydrogen-bond acceptors (Lipinski definition) is 5. The fourth-order valence-corrected chi connectivity index (χ4v) is 1.96. The topological polar surface area (TPSA) is 82.8 Å². The van der Waals surface area contributed by atoms with Crippen LogP contribution in [0.4, 0.5) is 19.3 Å². The Morgan fingerprint density at radius 1 is 1.12 bits per heavy atom. The van der Waals surface area contributed by atoms with Crippen LogP contribution < -0.4 is 20.5 Å². The summed E-state index contributed by atoms with van der Waals surface area (Å²) in [6.07, 6.45) is -3.66. The molecule has 0 fully saturated rings. The molecule has 0 spiro atoms. The molecule has 1 aromatic rings. The average Bonchev–Trinajstić information content (AvgIpc) is 2.44. The lowest BCUT2D eigenvalue weighted by Gasteiger charge is -2.28. The van der Waals surface area contributed by atoms with Crippen molar-refractivity contribution in [2.75, 3.05) is 19.5 Å². The molecule has 0 saturated heterocycles. The number of nitrogens with one attached hydrogen (secondary N) is 1. The van der Waals surface area contributed by atoms with Crippen LogP contribution in [0.3, 0.4) is 0 Å². The third kappa shape index (κ3) is 4.70. The molecular formula is C16H24F2N2O4. The SMILES string of the molecule is COc1cc(NC(=O)OC(C)(C)C)c(C(C)(N)C(F)F)cc1OC. The molecule has 24 heavy (non-hydrogen) atoms. The number of carbonyl (C=O) groups is 1. The predicted octanol–water partition coefficient (Wildman–Crippen LogP) is 3.49. The second-order valence-electron chi connectivity index (χ2n) is 6.46. The van der Waals surface area contributed by atoms with Crippen molar-refractivity contribution in [1.29, 1.82) is 0 Å². The summed E-state index contributed by atoms with van der Waals surface area (Å²) in [4.78, 5) is 12.0. The molecule has 8 heteroatoms. The summed E-state index contributed by atoms with van der Waals surface area (Å²) in [7, 11) is 2.77. The summed E-state index contributed by atoms with van der Waals surface area (Å²) in [5.74, 6) is 0.483. The van der Waals surface area contributed by atoms with E-state index in [2.05, 4.69) is 5.32 Å². The van der Waals surface area contributed by atoms with Gasteiger partial charge in [0.2, 0.25) is 0 Å². The van der Waals surface area contributed by atoms with Crippen molar-refractivity contribution in [2.24, 2.45) is 5.73 Å². The first kappa shape index (κ1) is 20.0. The number of nitrogens with two attached hydrogens (primary N) is 1. The minimum absolute atomic E-state index is 0.000934. The van der Waals surface area contributed by atoms with Crippen molar-refractivity contribution in [3.05, 3.63) is 17.7 Å². The number of alkyl halides is 2. The number of hydrogen-bond donors (Lipinski definition) is 2. The average molecular weight is 346 g/mol. The fourth-order valence-electron chi connectivity index (χ4n) is 1.96. The first-order valence-corrected chi connectivity index (χ1v) is 7.26. The van der Waals surface area contributed by atoms with E-state index in [1.165, 1.54) is 33.3 Å². The van der Waals surface area contributed by atoms with Crippen molar-refractivity contribution < 1.29 is 27.8 Å². The first-order chi connectivity index (χ1) is 10.9. The number of amides is 1. The lowest BCUT2D eigenvalue weighted by Crippen LogP contribution is -2.41. The van der Waals surface area contributed by atoms with Gasteiger partial charge in [-0.05, 0) is 33.8 Å². The Bertz CT molecular complexity index is 598. The molecule has 0 bridgehead atoms. The van der Waals surface area contributed by atoms with Crippen LogP contribution in [0.5, 0.6) is 11.5 Å². The second kappa shape index (κ2) is 7.21. The highest BCUT2D eigenvalue weighted by atomic mass is 19.3. The molecular weight excluding hydrogens is 322 g/mol. The molecule has 0 aliphatic heterocycles. The number of rotatable bonds is 5. The third-order valence-corrected chi connectivity index (χ3v) is 3.19. The van der Waals surface area contributed by atoms with Crippen molar-refractivity contribution in [3.63, 3.8) is 0 Å². The van der Waals surface area contributed by atoms with E-state index >= 15 is 0 Å². The molecule has 0 saturated carbocycles. The lowest BCUT2D eigenvalue weighted by atomic mass is 9.91. The van der Waals surface area contributed by atoms with Crippen molar-refractivity contribution >= 4 is 11.8 Å². The molecule has 6 nitrogen and oxygen atoms in total. The number of benzene rings is 1. The van der Waals surface area contributed by atoms with Gasteiger partial charge < -0.3 is 19.9 Å². The maximum Gasteiger partial charge on any atom is 0.412 e. The van der Waals surface area contributed by atoms with E-state index in [1.807, 2.05) is 0 Å². The van der Waals surface area contributed by atoms with Crippen LogP contribution in [0.2, 0.25) is 0 Å². The molecule has 1 amide bonds. The second-order valence-corrected chi connectivity index (χ2v) is 6.46. The highest BCUT2D eigenvalue weighted by molar-refractivity contribution is 5.87. The minimum Gasteiger partial charge on any atom is -0.493 e. The summed E-state index contributed by atoms with van der Waals surface area (Å²) in [5, 5.41) is 2.44. The van der Waals surface area contributed by atoms with E-state index in [-0.39, 0.29) is 22.7 Å². The molecule has 136 valence electrons. The largest absolute Gasteiger partial charge is 0.493 e. The molecule has 0 heterocycles. The Labute approximate surface area is 140 Å². The maximum absolute atomic E-state index is 13.4. The molecule has 0 aliphatic rings. The van der Waals surface area contributed by atoms with E-state index < -0.39 is 23.7 Å². The molecule has 0 aliphatic carbocycles. The zero-order valence-corrected chi connectivity index (χ0v) is 14.7. The highest BCUT2D eigenvalue weighted by Gasteiger charge is 2.36. The molecule has 3 N–H and O–H groups in total. The van der Waals surface area contributed by atoms with Gasteiger partial charge in [-0.2, -0.15) is 0 Å². The Morgan fingerprint density at radius 3 is 2.04 bits per heavy atom.